The van der Waals surface area contributed by atoms with Gasteiger partial charge < -0.3 is 16.0 Å². The average Bonchev–Trinajstić information content (AvgIpc) is 3.81. The summed E-state index contributed by atoms with van der Waals surface area (Å²) in [5.41, 5.74) is 1.98. The van der Waals surface area contributed by atoms with E-state index in [1.165, 1.54) is 13.0 Å². The van der Waals surface area contributed by atoms with Gasteiger partial charge in [0.15, 0.2) is 21.5 Å². The Kier molecular flexibility index (Phi) is 11.7. The van der Waals surface area contributed by atoms with Crippen molar-refractivity contribution in [1.82, 2.24) is 20.0 Å². The van der Waals surface area contributed by atoms with Gasteiger partial charge in [-0.1, -0.05) is 25.1 Å². The van der Waals surface area contributed by atoms with Crippen LogP contribution in [0.4, 0.5) is 27.5 Å². The van der Waals surface area contributed by atoms with Crippen LogP contribution >= 0.6 is 0 Å². The molecule has 16 heteroatoms. The second-order valence-corrected chi connectivity index (χ2v) is 13.8. The molecule has 1 heterocycles. The molecule has 0 atom stereocenters. The third kappa shape index (κ3) is 9.69. The number of nitrogens with one attached hydrogen (secondary N) is 4. The van der Waals surface area contributed by atoms with Gasteiger partial charge >= 0.3 is 29.6 Å². The number of carbonyl (C=O) groups excluding carboxylic acids is 2. The van der Waals surface area contributed by atoms with Gasteiger partial charge in [-0.3, -0.25) is 9.59 Å². The Bertz CT molecular complexity index is 1700. The van der Waals surface area contributed by atoms with Crippen LogP contribution in [0.5, 0.6) is 0 Å². The summed E-state index contributed by atoms with van der Waals surface area (Å²) >= 11 is 0. The molecule has 0 aliphatic heterocycles. The number of aromatic nitrogens is 2. The van der Waals surface area contributed by atoms with Crippen molar-refractivity contribution in [1.29, 1.82) is 0 Å². The molecule has 1 aliphatic carbocycles. The van der Waals surface area contributed by atoms with Gasteiger partial charge in [-0.25, -0.2) is 30.9 Å². The molecule has 1 aliphatic rings. The van der Waals surface area contributed by atoms with Crippen LogP contribution in [-0.4, -0.2) is 79.2 Å². The Morgan fingerprint density at radius 1 is 0.977 bits per heavy atom. The van der Waals surface area contributed by atoms with Crippen molar-refractivity contribution < 1.29 is 30.8 Å². The number of carbonyl (C=O) groups is 2. The van der Waals surface area contributed by atoms with E-state index in [0.29, 0.717) is 29.8 Å². The van der Waals surface area contributed by atoms with E-state index in [-0.39, 0.29) is 82.5 Å². The van der Waals surface area contributed by atoms with Crippen LogP contribution in [0.3, 0.4) is 0 Å². The Morgan fingerprint density at radius 3 is 2.30 bits per heavy atom. The van der Waals surface area contributed by atoms with Crippen LogP contribution in [0.15, 0.2) is 53.6 Å². The van der Waals surface area contributed by atoms with E-state index in [1.54, 1.807) is 43.3 Å². The molecule has 4 N–H and O–H groups in total. The third-order valence-electron chi connectivity index (χ3n) is 6.40. The van der Waals surface area contributed by atoms with Gasteiger partial charge in [0.05, 0.1) is 22.1 Å². The molecule has 0 spiro atoms. The number of amides is 2. The fourth-order valence-corrected chi connectivity index (χ4v) is 6.83. The summed E-state index contributed by atoms with van der Waals surface area (Å²) in [6, 6.07) is 11.2. The predicted molar refractivity (Wildman–Crippen MR) is 162 cm³/mol. The summed E-state index contributed by atoms with van der Waals surface area (Å²) in [5, 5.41) is 8.10. The first-order valence-corrected chi connectivity index (χ1v) is 16.4. The SMILES string of the molecule is CCC(=O)NS(=O)(=O)c1cc(Nc2ncc(F)c(Nc3ccc(CNC(=O)CCS(=O)(=O)C4CC4)cc3)n2)ccc1C.[NaH]. The Hall–Kier alpha value is -3.11. The molecule has 3 aromatic rings. The van der Waals surface area contributed by atoms with Crippen LogP contribution in [0.25, 0.3) is 0 Å². The topological polar surface area (TPSA) is 176 Å². The van der Waals surface area contributed by atoms with Gasteiger partial charge in [0.2, 0.25) is 17.8 Å². The van der Waals surface area contributed by atoms with Gasteiger partial charge in [0.1, 0.15) is 0 Å². The van der Waals surface area contributed by atoms with Crippen molar-refractivity contribution in [2.24, 2.45) is 0 Å². The van der Waals surface area contributed by atoms with Gasteiger partial charge in [-0.15, -0.1) is 0 Å². The van der Waals surface area contributed by atoms with Crippen LogP contribution < -0.4 is 20.7 Å². The number of sulfonamides is 1. The van der Waals surface area contributed by atoms with E-state index in [0.717, 1.165) is 11.8 Å². The normalized spacial score (nSPS) is 13.0. The maximum atomic E-state index is 14.5. The zero-order valence-corrected chi connectivity index (χ0v) is 24.6. The number of nitrogens with zero attached hydrogens (tertiary/aromatic N) is 2. The van der Waals surface area contributed by atoms with Crippen molar-refractivity contribution in [2.75, 3.05) is 16.4 Å². The summed E-state index contributed by atoms with van der Waals surface area (Å²) in [6.45, 7) is 3.33. The molecule has 0 saturated heterocycles. The van der Waals surface area contributed by atoms with Gasteiger partial charge in [-0.2, -0.15) is 4.98 Å². The van der Waals surface area contributed by atoms with Crippen molar-refractivity contribution in [2.45, 2.75) is 56.2 Å². The van der Waals surface area contributed by atoms with Crippen molar-refractivity contribution in [3.05, 3.63) is 65.6 Å². The molecule has 0 radical (unpaired) electrons. The molecule has 4 rings (SSSR count). The molecule has 1 fully saturated rings. The van der Waals surface area contributed by atoms with Crippen molar-refractivity contribution in [3.8, 4) is 0 Å². The molecule has 226 valence electrons. The first kappa shape index (κ1) is 34.4. The standard InChI is InChI=1S/C27H31FN6O6S2.Na.H/c1-3-24(35)34-42(39,40)23-14-20(7-4-17(23)2)32-27-30-16-22(28)26(33-27)31-19-8-5-18(6-9-19)15-29-25(36)12-13-41(37,38)21-10-11-21;;/h4-9,14,16,21H,3,10-13,15H2,1-2H3,(H,29,36)(H,34,35)(H2,30,31,32,33);;. The average molecular weight is 643 g/mol. The molecule has 12 nitrogen and oxygen atoms in total. The fraction of sp³-hybridized carbons (Fsp3) is 0.333. The van der Waals surface area contributed by atoms with Gasteiger partial charge in [-0.05, 0) is 55.2 Å². The van der Waals surface area contributed by atoms with Crippen LogP contribution in [0, 0.1) is 12.7 Å². The molecule has 0 bridgehead atoms. The molecule has 2 amide bonds. The number of benzene rings is 2. The van der Waals surface area contributed by atoms with Crippen molar-refractivity contribution in [3.63, 3.8) is 0 Å². The number of hydrogen-bond donors (Lipinski definition) is 4. The molecular formula is C27H32FN6NaO6S2. The first-order chi connectivity index (χ1) is 19.9. The summed E-state index contributed by atoms with van der Waals surface area (Å²) in [7, 11) is -7.29. The predicted octanol–water partition coefficient (Wildman–Crippen LogP) is 2.56. The van der Waals surface area contributed by atoms with E-state index in [9.17, 15) is 30.8 Å². The zero-order valence-electron chi connectivity index (χ0n) is 23.0. The van der Waals surface area contributed by atoms with Gasteiger partial charge in [0, 0.05) is 30.8 Å². The van der Waals surface area contributed by atoms with E-state index in [4.69, 9.17) is 0 Å². The Labute approximate surface area is 271 Å². The van der Waals surface area contributed by atoms with E-state index in [2.05, 4.69) is 25.9 Å². The first-order valence-electron chi connectivity index (χ1n) is 13.2. The molecule has 0 unspecified atom stereocenters. The summed E-state index contributed by atoms with van der Waals surface area (Å²) in [5.74, 6) is -2.03. The molecule has 1 saturated carbocycles. The molecular weight excluding hydrogens is 610 g/mol. The number of hydrogen-bond acceptors (Lipinski definition) is 10. The number of rotatable bonds is 13. The van der Waals surface area contributed by atoms with Crippen molar-refractivity contribution >= 4 is 84.4 Å². The number of anilines is 4. The van der Waals surface area contributed by atoms with Crippen LogP contribution in [0.1, 0.15) is 43.7 Å². The zero-order chi connectivity index (χ0) is 30.5. The second kappa shape index (κ2) is 14.6. The quantitative estimate of drug-likeness (QED) is 0.203. The number of halogens is 1. The monoisotopic (exact) mass is 642 g/mol. The van der Waals surface area contributed by atoms with Crippen LogP contribution in [-0.2, 0) is 36.0 Å². The minimum absolute atomic E-state index is 0. The fourth-order valence-electron chi connectivity index (χ4n) is 3.85. The van der Waals surface area contributed by atoms with E-state index < -0.39 is 31.6 Å². The molecule has 2 aromatic carbocycles. The maximum absolute atomic E-state index is 14.5. The van der Waals surface area contributed by atoms with Gasteiger partial charge in [0.25, 0.3) is 10.0 Å². The number of sulfone groups is 1. The second-order valence-electron chi connectivity index (χ2n) is 9.79. The third-order valence-corrected chi connectivity index (χ3v) is 10.2. The Balaban J connectivity index is 0.00000506. The van der Waals surface area contributed by atoms with E-state index in [1.807, 2.05) is 4.72 Å². The minimum atomic E-state index is -4.10. The number of aryl methyl sites for hydroxylation is 1. The molecule has 1 aromatic heterocycles. The summed E-state index contributed by atoms with van der Waals surface area (Å²) in [6.07, 6.45) is 2.21. The Morgan fingerprint density at radius 2 is 1.65 bits per heavy atom. The van der Waals surface area contributed by atoms with E-state index >= 15 is 0 Å². The molecule has 43 heavy (non-hydrogen) atoms. The summed E-state index contributed by atoms with van der Waals surface area (Å²) in [4.78, 5) is 31.7. The summed E-state index contributed by atoms with van der Waals surface area (Å²) < 4.78 is 65.6. The van der Waals surface area contributed by atoms with Crippen LogP contribution in [0.2, 0.25) is 0 Å².